The summed E-state index contributed by atoms with van der Waals surface area (Å²) in [7, 11) is 3.42. The van der Waals surface area contributed by atoms with E-state index in [0.29, 0.717) is 5.92 Å². The summed E-state index contributed by atoms with van der Waals surface area (Å²) in [6.45, 7) is 4.71. The molecule has 2 rings (SSSR count). The standard InChI is InChI=1S/C15H25N3O2/c1-11(20-3)15-17-10-13-8-12(4-5-14(13)18-15)9-16-6-7-19-2/h10-12,16H,4-9H2,1-3H3. The number of nitrogens with zero attached hydrogens (tertiary/aromatic N) is 2. The lowest BCUT2D eigenvalue weighted by Crippen LogP contribution is -2.30. The largest absolute Gasteiger partial charge is 0.383 e. The van der Waals surface area contributed by atoms with Crippen molar-refractivity contribution in [3.63, 3.8) is 0 Å². The third-order valence-corrected chi connectivity index (χ3v) is 3.90. The van der Waals surface area contributed by atoms with Crippen LogP contribution < -0.4 is 5.32 Å². The van der Waals surface area contributed by atoms with Crippen LogP contribution >= 0.6 is 0 Å². The van der Waals surface area contributed by atoms with Gasteiger partial charge in [0.15, 0.2) is 5.82 Å². The molecule has 20 heavy (non-hydrogen) atoms. The van der Waals surface area contributed by atoms with Crippen molar-refractivity contribution < 1.29 is 9.47 Å². The normalized spacial score (nSPS) is 19.6. The lowest BCUT2D eigenvalue weighted by molar-refractivity contribution is 0.111. The van der Waals surface area contributed by atoms with Gasteiger partial charge in [-0.1, -0.05) is 0 Å². The van der Waals surface area contributed by atoms with Gasteiger partial charge in [-0.3, -0.25) is 0 Å². The van der Waals surface area contributed by atoms with Gasteiger partial charge in [-0.25, -0.2) is 9.97 Å². The van der Waals surface area contributed by atoms with Crippen LogP contribution in [0.5, 0.6) is 0 Å². The number of hydrogen-bond donors (Lipinski definition) is 1. The van der Waals surface area contributed by atoms with E-state index in [1.165, 1.54) is 17.7 Å². The third-order valence-electron chi connectivity index (χ3n) is 3.90. The molecule has 1 N–H and O–H groups in total. The highest BCUT2D eigenvalue weighted by Crippen LogP contribution is 2.24. The molecule has 0 aromatic carbocycles. The van der Waals surface area contributed by atoms with Crippen LogP contribution in [0.1, 0.15) is 36.5 Å². The first-order valence-corrected chi connectivity index (χ1v) is 7.31. The zero-order valence-corrected chi connectivity index (χ0v) is 12.7. The van der Waals surface area contributed by atoms with E-state index in [4.69, 9.17) is 9.47 Å². The Morgan fingerprint density at radius 2 is 2.30 bits per heavy atom. The maximum Gasteiger partial charge on any atom is 0.157 e. The average Bonchev–Trinajstić information content (AvgIpc) is 2.50. The fourth-order valence-corrected chi connectivity index (χ4v) is 2.55. The molecule has 5 nitrogen and oxygen atoms in total. The van der Waals surface area contributed by atoms with Gasteiger partial charge in [0.25, 0.3) is 0 Å². The molecule has 2 atom stereocenters. The molecule has 1 aromatic heterocycles. The van der Waals surface area contributed by atoms with Crippen LogP contribution in [-0.2, 0) is 22.3 Å². The van der Waals surface area contributed by atoms with Crippen molar-refractivity contribution in [2.75, 3.05) is 33.9 Å². The number of methoxy groups -OCH3 is 2. The van der Waals surface area contributed by atoms with Gasteiger partial charge in [0.05, 0.1) is 6.61 Å². The van der Waals surface area contributed by atoms with E-state index in [1.807, 2.05) is 13.1 Å². The molecule has 0 bridgehead atoms. The van der Waals surface area contributed by atoms with Crippen LogP contribution in [0.3, 0.4) is 0 Å². The Bertz CT molecular complexity index is 426. The summed E-state index contributed by atoms with van der Waals surface area (Å²) in [6, 6.07) is 0. The van der Waals surface area contributed by atoms with E-state index in [9.17, 15) is 0 Å². The highest BCUT2D eigenvalue weighted by Gasteiger charge is 2.21. The lowest BCUT2D eigenvalue weighted by Gasteiger charge is -2.24. The minimum Gasteiger partial charge on any atom is -0.383 e. The molecule has 0 saturated heterocycles. The smallest absolute Gasteiger partial charge is 0.157 e. The molecule has 0 saturated carbocycles. The van der Waals surface area contributed by atoms with Crippen molar-refractivity contribution in [2.45, 2.75) is 32.3 Å². The van der Waals surface area contributed by atoms with Crippen molar-refractivity contribution in [3.8, 4) is 0 Å². The van der Waals surface area contributed by atoms with E-state index >= 15 is 0 Å². The van der Waals surface area contributed by atoms with Gasteiger partial charge in [-0.05, 0) is 44.2 Å². The molecule has 5 heteroatoms. The van der Waals surface area contributed by atoms with Gasteiger partial charge in [0.2, 0.25) is 0 Å². The number of hydrogen-bond acceptors (Lipinski definition) is 5. The van der Waals surface area contributed by atoms with Crippen molar-refractivity contribution in [1.82, 2.24) is 15.3 Å². The molecular formula is C15H25N3O2. The number of nitrogens with one attached hydrogen (secondary N) is 1. The first-order chi connectivity index (χ1) is 9.74. The van der Waals surface area contributed by atoms with Crippen LogP contribution in [0, 0.1) is 5.92 Å². The monoisotopic (exact) mass is 279 g/mol. The van der Waals surface area contributed by atoms with E-state index in [0.717, 1.165) is 38.4 Å². The van der Waals surface area contributed by atoms with Crippen molar-refractivity contribution >= 4 is 0 Å². The summed E-state index contributed by atoms with van der Waals surface area (Å²) in [5.41, 5.74) is 2.49. The van der Waals surface area contributed by atoms with E-state index in [2.05, 4.69) is 15.3 Å². The predicted octanol–water partition coefficient (Wildman–Crippen LogP) is 1.52. The quantitative estimate of drug-likeness (QED) is 0.767. The second kappa shape index (κ2) is 7.67. The average molecular weight is 279 g/mol. The maximum absolute atomic E-state index is 5.28. The van der Waals surface area contributed by atoms with Gasteiger partial charge in [0, 0.05) is 32.7 Å². The number of aryl methyl sites for hydroxylation is 1. The topological polar surface area (TPSA) is 56.3 Å². The predicted molar refractivity (Wildman–Crippen MR) is 77.7 cm³/mol. The molecular weight excluding hydrogens is 254 g/mol. The van der Waals surface area contributed by atoms with Crippen LogP contribution in [0.4, 0.5) is 0 Å². The Morgan fingerprint density at radius 1 is 1.45 bits per heavy atom. The number of aromatic nitrogens is 2. The molecule has 1 aliphatic carbocycles. The van der Waals surface area contributed by atoms with E-state index < -0.39 is 0 Å². The second-order valence-electron chi connectivity index (χ2n) is 5.38. The fraction of sp³-hybridized carbons (Fsp3) is 0.733. The van der Waals surface area contributed by atoms with Crippen molar-refractivity contribution in [2.24, 2.45) is 5.92 Å². The zero-order valence-electron chi connectivity index (χ0n) is 12.7. The minimum atomic E-state index is -0.0336. The fourth-order valence-electron chi connectivity index (χ4n) is 2.55. The molecule has 0 spiro atoms. The molecule has 0 amide bonds. The molecule has 0 radical (unpaired) electrons. The van der Waals surface area contributed by atoms with Crippen LogP contribution in [0.2, 0.25) is 0 Å². The maximum atomic E-state index is 5.28. The summed E-state index contributed by atoms with van der Waals surface area (Å²) >= 11 is 0. The lowest BCUT2D eigenvalue weighted by atomic mass is 9.87. The zero-order chi connectivity index (χ0) is 14.4. The Morgan fingerprint density at radius 3 is 3.05 bits per heavy atom. The first kappa shape index (κ1) is 15.4. The summed E-state index contributed by atoms with van der Waals surface area (Å²) in [5, 5.41) is 3.44. The number of rotatable bonds is 7. The van der Waals surface area contributed by atoms with E-state index in [-0.39, 0.29) is 6.10 Å². The molecule has 0 fully saturated rings. The summed E-state index contributed by atoms with van der Waals surface area (Å²) in [6.07, 6.45) is 5.24. The van der Waals surface area contributed by atoms with Gasteiger partial charge in [0.1, 0.15) is 6.10 Å². The van der Waals surface area contributed by atoms with Gasteiger partial charge in [-0.2, -0.15) is 0 Å². The van der Waals surface area contributed by atoms with Crippen molar-refractivity contribution in [3.05, 3.63) is 23.3 Å². The van der Waals surface area contributed by atoms with Crippen LogP contribution in [-0.4, -0.2) is 43.9 Å². The summed E-state index contributed by atoms with van der Waals surface area (Å²) in [5.74, 6) is 1.47. The SMILES string of the molecule is COCCNCC1CCc2nc(C(C)OC)ncc2C1. The van der Waals surface area contributed by atoms with Crippen molar-refractivity contribution in [1.29, 1.82) is 0 Å². The summed E-state index contributed by atoms with van der Waals surface area (Å²) < 4.78 is 10.3. The second-order valence-corrected chi connectivity index (χ2v) is 5.38. The molecule has 0 aliphatic heterocycles. The summed E-state index contributed by atoms with van der Waals surface area (Å²) in [4.78, 5) is 9.08. The molecule has 1 heterocycles. The van der Waals surface area contributed by atoms with Crippen LogP contribution in [0.15, 0.2) is 6.20 Å². The first-order valence-electron chi connectivity index (χ1n) is 7.31. The molecule has 2 unspecified atom stereocenters. The van der Waals surface area contributed by atoms with Gasteiger partial charge < -0.3 is 14.8 Å². The van der Waals surface area contributed by atoms with Gasteiger partial charge in [-0.15, -0.1) is 0 Å². The third kappa shape index (κ3) is 3.98. The Hall–Kier alpha value is -1.04. The highest BCUT2D eigenvalue weighted by molar-refractivity contribution is 5.22. The molecule has 112 valence electrons. The number of ether oxygens (including phenoxy) is 2. The minimum absolute atomic E-state index is 0.0336. The Balaban J connectivity index is 1.90. The molecule has 1 aliphatic rings. The number of fused-ring (bicyclic) bond motifs is 1. The molecule has 1 aromatic rings. The van der Waals surface area contributed by atoms with Crippen LogP contribution in [0.25, 0.3) is 0 Å². The Kier molecular flexibility index (Phi) is 5.88. The van der Waals surface area contributed by atoms with E-state index in [1.54, 1.807) is 14.2 Å². The van der Waals surface area contributed by atoms with Gasteiger partial charge >= 0.3 is 0 Å². The highest BCUT2D eigenvalue weighted by atomic mass is 16.5. The Labute approximate surface area is 121 Å².